The van der Waals surface area contributed by atoms with Crippen LogP contribution < -0.4 is 0 Å². The van der Waals surface area contributed by atoms with Gasteiger partial charge in [-0.15, -0.1) is 0 Å². The van der Waals surface area contributed by atoms with E-state index in [1.807, 2.05) is 18.2 Å². The van der Waals surface area contributed by atoms with Gasteiger partial charge in [0.1, 0.15) is 5.75 Å². The number of phenols is 1. The molecule has 0 aliphatic rings. The van der Waals surface area contributed by atoms with Gasteiger partial charge in [0.2, 0.25) is 0 Å². The van der Waals surface area contributed by atoms with E-state index in [0.717, 1.165) is 21.6 Å². The van der Waals surface area contributed by atoms with Crippen LogP contribution in [0, 0.1) is 0 Å². The maximum absolute atomic E-state index is 9.40. The lowest BCUT2D eigenvalue weighted by molar-refractivity contribution is 0.474. The molecule has 0 fully saturated rings. The van der Waals surface area contributed by atoms with Gasteiger partial charge < -0.3 is 5.11 Å². The van der Waals surface area contributed by atoms with Crippen molar-refractivity contribution in [1.29, 1.82) is 0 Å². The van der Waals surface area contributed by atoms with Gasteiger partial charge in [0.05, 0.1) is 0 Å². The Labute approximate surface area is 144 Å². The normalized spacial score (nSPS) is 11.6. The number of halogens is 3. The summed E-state index contributed by atoms with van der Waals surface area (Å²) in [6.45, 7) is 0. The van der Waals surface area contributed by atoms with E-state index in [9.17, 15) is 5.11 Å². The first-order valence-corrected chi connectivity index (χ1v) is 9.30. The van der Waals surface area contributed by atoms with Crippen LogP contribution in [0.5, 0.6) is 5.75 Å². The van der Waals surface area contributed by atoms with Crippen molar-refractivity contribution in [2.45, 2.75) is 11.8 Å². The molecule has 0 bridgehead atoms. The lowest BCUT2D eigenvalue weighted by Crippen LogP contribution is -2.33. The van der Waals surface area contributed by atoms with Crippen molar-refractivity contribution in [1.82, 2.24) is 0 Å². The second kappa shape index (κ2) is 7.10. The number of rotatable bonds is 5. The number of hydrogen-bond donors (Lipinski definition) is 1. The van der Waals surface area contributed by atoms with Crippen LogP contribution in [0.2, 0.25) is 0 Å². The van der Waals surface area contributed by atoms with E-state index in [1.54, 1.807) is 12.1 Å². The fraction of sp³-hybridized carbons (Fsp3) is 0.250. The van der Waals surface area contributed by atoms with Crippen molar-refractivity contribution >= 4 is 47.8 Å². The highest BCUT2D eigenvalue weighted by Gasteiger charge is 2.32. The molecule has 2 rings (SSSR count). The highest BCUT2D eigenvalue weighted by atomic mass is 79.9. The largest absolute Gasteiger partial charge is 0.508 e. The fourth-order valence-electron chi connectivity index (χ4n) is 2.27. The Bertz CT molecular complexity index is 562. The van der Waals surface area contributed by atoms with Gasteiger partial charge >= 0.3 is 0 Å². The molecule has 2 aromatic carbocycles. The van der Waals surface area contributed by atoms with Gasteiger partial charge in [0.15, 0.2) is 0 Å². The summed E-state index contributed by atoms with van der Waals surface area (Å²) < 4.78 is 1.12. The van der Waals surface area contributed by atoms with Crippen LogP contribution in [-0.2, 0) is 11.8 Å². The van der Waals surface area contributed by atoms with E-state index in [2.05, 4.69) is 66.0 Å². The number of benzene rings is 2. The van der Waals surface area contributed by atoms with Gasteiger partial charge in [-0.25, -0.2) is 0 Å². The minimum atomic E-state index is -0.0307. The minimum Gasteiger partial charge on any atom is -0.508 e. The Hall–Kier alpha value is -0.320. The summed E-state index contributed by atoms with van der Waals surface area (Å²) in [5, 5.41) is 11.1. The molecule has 0 heterocycles. The Morgan fingerprint density at radius 1 is 0.900 bits per heavy atom. The fourth-order valence-corrected chi connectivity index (χ4v) is 4.90. The van der Waals surface area contributed by atoms with Gasteiger partial charge in [-0.3, -0.25) is 0 Å². The number of alkyl halides is 2. The summed E-state index contributed by atoms with van der Waals surface area (Å²) in [5.74, 6) is 0.304. The molecule has 0 radical (unpaired) electrons. The topological polar surface area (TPSA) is 20.2 Å². The molecule has 0 spiro atoms. The monoisotopic (exact) mass is 460 g/mol. The maximum Gasteiger partial charge on any atom is 0.115 e. The Morgan fingerprint density at radius 2 is 1.50 bits per heavy atom. The molecule has 1 N–H and O–H groups in total. The Kier molecular flexibility index (Phi) is 5.70. The van der Waals surface area contributed by atoms with Crippen LogP contribution in [0.15, 0.2) is 53.0 Å². The molecule has 106 valence electrons. The van der Waals surface area contributed by atoms with Gasteiger partial charge in [0.25, 0.3) is 0 Å². The van der Waals surface area contributed by atoms with Crippen molar-refractivity contribution in [3.05, 3.63) is 64.1 Å². The first-order chi connectivity index (χ1) is 9.61. The molecule has 1 nitrogen and oxygen atoms in total. The van der Waals surface area contributed by atoms with Crippen molar-refractivity contribution in [2.24, 2.45) is 0 Å². The van der Waals surface area contributed by atoms with Crippen molar-refractivity contribution in [3.8, 4) is 5.75 Å². The molecule has 0 atom stereocenters. The molecule has 0 unspecified atom stereocenters. The third-order valence-electron chi connectivity index (χ3n) is 3.44. The van der Waals surface area contributed by atoms with Gasteiger partial charge in [-0.1, -0.05) is 78.1 Å². The van der Waals surface area contributed by atoms with Gasteiger partial charge in [-0.05, 0) is 35.7 Å². The number of hydrogen-bond acceptors (Lipinski definition) is 1. The van der Waals surface area contributed by atoms with Crippen LogP contribution in [0.25, 0.3) is 0 Å². The molecule has 0 aliphatic carbocycles. The zero-order valence-electron chi connectivity index (χ0n) is 10.8. The van der Waals surface area contributed by atoms with Crippen LogP contribution in [-0.4, -0.2) is 15.8 Å². The highest BCUT2D eigenvalue weighted by molar-refractivity contribution is 9.10. The van der Waals surface area contributed by atoms with Crippen LogP contribution >= 0.6 is 47.8 Å². The van der Waals surface area contributed by atoms with Crippen LogP contribution in [0.4, 0.5) is 0 Å². The first kappa shape index (κ1) is 16.1. The van der Waals surface area contributed by atoms with Gasteiger partial charge in [-0.2, -0.15) is 0 Å². The zero-order valence-corrected chi connectivity index (χ0v) is 15.6. The quantitative estimate of drug-likeness (QED) is 0.588. The van der Waals surface area contributed by atoms with Gasteiger partial charge in [0, 0.05) is 20.5 Å². The average Bonchev–Trinajstić information content (AvgIpc) is 2.48. The SMILES string of the molecule is Oc1ccc(CC(CBr)(CBr)c2ccccc2Br)cc1. The number of phenolic OH excluding ortho intramolecular Hbond substituents is 1. The standard InChI is InChI=1S/C16H15Br3O/c17-10-16(11-18,14-3-1-2-4-15(14)19)9-12-5-7-13(20)8-6-12/h1-8,20H,9-11H2. The smallest absolute Gasteiger partial charge is 0.115 e. The van der Waals surface area contributed by atoms with Crippen molar-refractivity contribution in [2.75, 3.05) is 10.7 Å². The molecule has 2 aromatic rings. The third-order valence-corrected chi connectivity index (χ3v) is 6.27. The first-order valence-electron chi connectivity index (χ1n) is 6.26. The van der Waals surface area contributed by atoms with E-state index in [4.69, 9.17) is 0 Å². The lowest BCUT2D eigenvalue weighted by atomic mass is 9.79. The average molecular weight is 463 g/mol. The molecular formula is C16H15Br3O. The maximum atomic E-state index is 9.40. The van der Waals surface area contributed by atoms with E-state index in [1.165, 1.54) is 11.1 Å². The van der Waals surface area contributed by atoms with Crippen LogP contribution in [0.1, 0.15) is 11.1 Å². The van der Waals surface area contributed by atoms with Crippen LogP contribution in [0.3, 0.4) is 0 Å². The predicted molar refractivity (Wildman–Crippen MR) is 95.2 cm³/mol. The molecule has 20 heavy (non-hydrogen) atoms. The second-order valence-electron chi connectivity index (χ2n) is 4.87. The molecule has 0 amide bonds. The molecule has 0 aromatic heterocycles. The molecule has 0 saturated carbocycles. The van der Waals surface area contributed by atoms with E-state index < -0.39 is 0 Å². The summed E-state index contributed by atoms with van der Waals surface area (Å²) in [5.41, 5.74) is 2.45. The van der Waals surface area contributed by atoms with E-state index in [-0.39, 0.29) is 5.41 Å². The second-order valence-corrected chi connectivity index (χ2v) is 6.85. The minimum absolute atomic E-state index is 0.0307. The highest BCUT2D eigenvalue weighted by Crippen LogP contribution is 2.37. The molecule has 0 aliphatic heterocycles. The summed E-state index contributed by atoms with van der Waals surface area (Å²) >= 11 is 11.0. The molecule has 4 heteroatoms. The van der Waals surface area contributed by atoms with E-state index in [0.29, 0.717) is 5.75 Å². The zero-order chi connectivity index (χ0) is 14.6. The van der Waals surface area contributed by atoms with E-state index >= 15 is 0 Å². The summed E-state index contributed by atoms with van der Waals surface area (Å²) in [7, 11) is 0. The predicted octanol–water partition coefficient (Wildman–Crippen LogP) is 5.43. The summed E-state index contributed by atoms with van der Waals surface area (Å²) in [6.07, 6.45) is 0.895. The lowest BCUT2D eigenvalue weighted by Gasteiger charge is -2.32. The third kappa shape index (κ3) is 3.46. The summed E-state index contributed by atoms with van der Waals surface area (Å²) in [4.78, 5) is 0. The Morgan fingerprint density at radius 3 is 2.05 bits per heavy atom. The van der Waals surface area contributed by atoms with Crippen molar-refractivity contribution in [3.63, 3.8) is 0 Å². The molecule has 0 saturated heterocycles. The molecular weight excluding hydrogens is 448 g/mol. The number of aromatic hydroxyl groups is 1. The summed E-state index contributed by atoms with van der Waals surface area (Å²) in [6, 6.07) is 15.8. The van der Waals surface area contributed by atoms with Crippen molar-refractivity contribution < 1.29 is 5.11 Å². The Balaban J connectivity index is 2.39.